The molecule has 0 aliphatic heterocycles. The van der Waals surface area contributed by atoms with Crippen molar-refractivity contribution < 1.29 is 14.6 Å². The first kappa shape index (κ1) is 13.6. The van der Waals surface area contributed by atoms with E-state index in [0.717, 1.165) is 0 Å². The zero-order valence-corrected chi connectivity index (χ0v) is 10.5. The maximum atomic E-state index is 11.2. The van der Waals surface area contributed by atoms with Crippen molar-refractivity contribution in [2.24, 2.45) is 0 Å². The number of benzene rings is 1. The minimum Gasteiger partial charge on any atom is -0.496 e. The predicted molar refractivity (Wildman–Crippen MR) is 67.0 cm³/mol. The average molecular weight is 246 g/mol. The van der Waals surface area contributed by atoms with Crippen LogP contribution in [0.15, 0.2) is 24.4 Å². The summed E-state index contributed by atoms with van der Waals surface area (Å²) >= 11 is 0. The van der Waals surface area contributed by atoms with Crippen LogP contribution < -0.4 is 4.74 Å². The van der Waals surface area contributed by atoms with E-state index in [4.69, 9.17) is 10.00 Å². The molecule has 0 saturated carbocycles. The quantitative estimate of drug-likeness (QED) is 0.816. The zero-order chi connectivity index (χ0) is 13.7. The molecule has 0 saturated heterocycles. The topological polar surface area (TPSA) is 73.6 Å². The molecule has 0 bridgehead atoms. The standard InChI is InChI=1S/C13H14N2O3/c1-15(2)8-11(13(16)17)10-5-4-9(7-14)6-12(10)18-3/h4-6,8H,1-3H3,(H,16,17). The summed E-state index contributed by atoms with van der Waals surface area (Å²) in [6.45, 7) is 0. The molecule has 0 aliphatic rings. The number of nitrogens with zero attached hydrogens (tertiary/aromatic N) is 2. The molecule has 0 fully saturated rings. The lowest BCUT2D eigenvalue weighted by atomic mass is 10.0. The summed E-state index contributed by atoms with van der Waals surface area (Å²) < 4.78 is 5.13. The molecule has 0 heterocycles. The Kier molecular flexibility index (Phi) is 4.33. The SMILES string of the molecule is COc1cc(C#N)ccc1C(=CN(C)C)C(=O)O. The second-order valence-corrected chi connectivity index (χ2v) is 3.84. The lowest BCUT2D eigenvalue weighted by Crippen LogP contribution is -2.09. The van der Waals surface area contributed by atoms with E-state index in [2.05, 4.69) is 0 Å². The van der Waals surface area contributed by atoms with Gasteiger partial charge in [-0.05, 0) is 18.2 Å². The molecule has 0 aliphatic carbocycles. The zero-order valence-electron chi connectivity index (χ0n) is 10.5. The van der Waals surface area contributed by atoms with Gasteiger partial charge in [0.25, 0.3) is 0 Å². The highest BCUT2D eigenvalue weighted by molar-refractivity contribution is 6.16. The summed E-state index contributed by atoms with van der Waals surface area (Å²) in [4.78, 5) is 12.9. The first-order chi connectivity index (χ1) is 8.49. The van der Waals surface area contributed by atoms with Crippen LogP contribution in [0.5, 0.6) is 5.75 Å². The van der Waals surface area contributed by atoms with Gasteiger partial charge in [-0.1, -0.05) is 0 Å². The predicted octanol–water partition coefficient (Wildman–Crippen LogP) is 1.55. The smallest absolute Gasteiger partial charge is 0.337 e. The highest BCUT2D eigenvalue weighted by atomic mass is 16.5. The van der Waals surface area contributed by atoms with E-state index in [0.29, 0.717) is 16.9 Å². The van der Waals surface area contributed by atoms with Crippen molar-refractivity contribution in [3.8, 4) is 11.8 Å². The van der Waals surface area contributed by atoms with Gasteiger partial charge in [0.2, 0.25) is 0 Å². The van der Waals surface area contributed by atoms with Gasteiger partial charge in [-0.25, -0.2) is 4.79 Å². The van der Waals surface area contributed by atoms with Gasteiger partial charge in [0.1, 0.15) is 5.75 Å². The van der Waals surface area contributed by atoms with Crippen LogP contribution in [0.4, 0.5) is 0 Å². The maximum Gasteiger partial charge on any atom is 0.337 e. The van der Waals surface area contributed by atoms with Crippen LogP contribution >= 0.6 is 0 Å². The van der Waals surface area contributed by atoms with E-state index in [-0.39, 0.29) is 5.57 Å². The Morgan fingerprint density at radius 1 is 1.50 bits per heavy atom. The number of hydrogen-bond acceptors (Lipinski definition) is 4. The number of hydrogen-bond donors (Lipinski definition) is 1. The summed E-state index contributed by atoms with van der Waals surface area (Å²) in [5.74, 6) is -0.684. The van der Waals surface area contributed by atoms with Gasteiger partial charge < -0.3 is 14.7 Å². The number of rotatable bonds is 4. The number of ether oxygens (including phenoxy) is 1. The normalized spacial score (nSPS) is 10.7. The number of carbonyl (C=O) groups is 1. The van der Waals surface area contributed by atoms with Crippen LogP contribution in [0.1, 0.15) is 11.1 Å². The van der Waals surface area contributed by atoms with Gasteiger partial charge in [0.15, 0.2) is 0 Å². The molecular weight excluding hydrogens is 232 g/mol. The van der Waals surface area contributed by atoms with E-state index in [1.54, 1.807) is 31.1 Å². The molecule has 0 amide bonds. The number of aliphatic carboxylic acids is 1. The second-order valence-electron chi connectivity index (χ2n) is 3.84. The van der Waals surface area contributed by atoms with E-state index >= 15 is 0 Å². The first-order valence-electron chi connectivity index (χ1n) is 5.19. The molecule has 0 aromatic heterocycles. The largest absolute Gasteiger partial charge is 0.496 e. The van der Waals surface area contributed by atoms with Crippen LogP contribution in [0.3, 0.4) is 0 Å². The van der Waals surface area contributed by atoms with Gasteiger partial charge in [0, 0.05) is 25.9 Å². The number of methoxy groups -OCH3 is 1. The van der Waals surface area contributed by atoms with Gasteiger partial charge in [0.05, 0.1) is 24.3 Å². The minimum absolute atomic E-state index is 0.112. The number of carboxylic acids is 1. The summed E-state index contributed by atoms with van der Waals surface area (Å²) in [6, 6.07) is 6.63. The Labute approximate surface area is 106 Å². The molecule has 5 heteroatoms. The molecule has 1 rings (SSSR count). The fourth-order valence-corrected chi connectivity index (χ4v) is 1.48. The van der Waals surface area contributed by atoms with E-state index in [1.807, 2.05) is 6.07 Å². The molecule has 0 unspecified atom stereocenters. The van der Waals surface area contributed by atoms with Crippen molar-refractivity contribution in [2.75, 3.05) is 21.2 Å². The van der Waals surface area contributed by atoms with Crippen LogP contribution in [-0.2, 0) is 4.79 Å². The fourth-order valence-electron chi connectivity index (χ4n) is 1.48. The molecule has 18 heavy (non-hydrogen) atoms. The average Bonchev–Trinajstić information content (AvgIpc) is 2.34. The number of nitriles is 1. The second kappa shape index (κ2) is 5.73. The number of carboxylic acid groups (broad SMARTS) is 1. The Balaban J connectivity index is 3.38. The van der Waals surface area contributed by atoms with E-state index < -0.39 is 5.97 Å². The molecule has 0 radical (unpaired) electrons. The van der Waals surface area contributed by atoms with Crippen molar-refractivity contribution in [2.45, 2.75) is 0 Å². The van der Waals surface area contributed by atoms with Crippen LogP contribution in [0.2, 0.25) is 0 Å². The Hall–Kier alpha value is -2.48. The van der Waals surface area contributed by atoms with Gasteiger partial charge in [-0.3, -0.25) is 0 Å². The van der Waals surface area contributed by atoms with Crippen molar-refractivity contribution in [3.63, 3.8) is 0 Å². The van der Waals surface area contributed by atoms with Crippen molar-refractivity contribution >= 4 is 11.5 Å². The summed E-state index contributed by atoms with van der Waals surface area (Å²) in [6.07, 6.45) is 1.49. The summed E-state index contributed by atoms with van der Waals surface area (Å²) in [5.41, 5.74) is 0.976. The van der Waals surface area contributed by atoms with Crippen LogP contribution in [0, 0.1) is 11.3 Å². The Bertz CT molecular complexity index is 528. The molecule has 1 N–H and O–H groups in total. The highest BCUT2D eigenvalue weighted by Gasteiger charge is 2.16. The molecule has 1 aromatic rings. The molecule has 94 valence electrons. The van der Waals surface area contributed by atoms with Crippen LogP contribution in [-0.4, -0.2) is 37.2 Å². The lowest BCUT2D eigenvalue weighted by Gasteiger charge is -2.12. The highest BCUT2D eigenvalue weighted by Crippen LogP contribution is 2.27. The molecule has 0 atom stereocenters. The maximum absolute atomic E-state index is 11.2. The Morgan fingerprint density at radius 2 is 2.17 bits per heavy atom. The summed E-state index contributed by atoms with van der Waals surface area (Å²) in [5, 5.41) is 18.0. The van der Waals surface area contributed by atoms with Crippen molar-refractivity contribution in [1.29, 1.82) is 5.26 Å². The monoisotopic (exact) mass is 246 g/mol. The minimum atomic E-state index is -1.05. The third-order valence-electron chi connectivity index (χ3n) is 2.24. The summed E-state index contributed by atoms with van der Waals surface area (Å²) in [7, 11) is 4.91. The van der Waals surface area contributed by atoms with Crippen molar-refractivity contribution in [1.82, 2.24) is 4.90 Å². The lowest BCUT2D eigenvalue weighted by molar-refractivity contribution is -0.130. The van der Waals surface area contributed by atoms with Crippen molar-refractivity contribution in [3.05, 3.63) is 35.5 Å². The van der Waals surface area contributed by atoms with Gasteiger partial charge in [-0.2, -0.15) is 5.26 Å². The molecular formula is C13H14N2O3. The third-order valence-corrected chi connectivity index (χ3v) is 2.24. The molecule has 0 spiro atoms. The van der Waals surface area contributed by atoms with Gasteiger partial charge in [-0.15, -0.1) is 0 Å². The Morgan fingerprint density at radius 3 is 2.61 bits per heavy atom. The van der Waals surface area contributed by atoms with Crippen LogP contribution in [0.25, 0.3) is 5.57 Å². The van der Waals surface area contributed by atoms with Gasteiger partial charge >= 0.3 is 5.97 Å². The van der Waals surface area contributed by atoms with E-state index in [1.165, 1.54) is 19.4 Å². The first-order valence-corrected chi connectivity index (χ1v) is 5.19. The third kappa shape index (κ3) is 3.01. The molecule has 5 nitrogen and oxygen atoms in total. The molecule has 1 aromatic carbocycles. The fraction of sp³-hybridized carbons (Fsp3) is 0.231. The van der Waals surface area contributed by atoms with E-state index in [9.17, 15) is 9.90 Å².